The summed E-state index contributed by atoms with van der Waals surface area (Å²) in [5, 5.41) is 11.0. The van der Waals surface area contributed by atoms with Crippen molar-refractivity contribution in [3.63, 3.8) is 0 Å². The topological polar surface area (TPSA) is 122 Å². The maximum Gasteiger partial charge on any atom is 0.328 e. The maximum absolute atomic E-state index is 13.0. The number of amides is 1. The average molecular weight is 510 g/mol. The number of rotatable bonds is 6. The second kappa shape index (κ2) is 9.90. The SMILES string of the molecule is CCn1c(CCCC(=O)N2CCC3(CC2)C[C@H](n2ccc(=O)[nH]c2=O)[C@@](C)(O)CO3)nc2ccccc21. The van der Waals surface area contributed by atoms with E-state index in [4.69, 9.17) is 9.72 Å². The molecule has 1 spiro atoms. The molecular weight excluding hydrogens is 474 g/mol. The number of benzene rings is 1. The molecule has 2 N–H and O–H groups in total. The number of carbonyl (C=O) groups excluding carboxylic acids is 1. The molecule has 3 aromatic rings. The van der Waals surface area contributed by atoms with Crippen molar-refractivity contribution in [2.24, 2.45) is 0 Å². The van der Waals surface area contributed by atoms with Gasteiger partial charge in [-0.1, -0.05) is 12.1 Å². The molecule has 10 heteroatoms. The molecule has 37 heavy (non-hydrogen) atoms. The average Bonchev–Trinajstić information content (AvgIpc) is 3.24. The molecule has 0 saturated carbocycles. The van der Waals surface area contributed by atoms with Crippen LogP contribution in [0.1, 0.15) is 57.8 Å². The van der Waals surface area contributed by atoms with Gasteiger partial charge in [-0.15, -0.1) is 0 Å². The van der Waals surface area contributed by atoms with E-state index < -0.39 is 28.5 Å². The zero-order chi connectivity index (χ0) is 26.2. The highest BCUT2D eigenvalue weighted by molar-refractivity contribution is 5.77. The highest BCUT2D eigenvalue weighted by Crippen LogP contribution is 2.43. The second-order valence-electron chi connectivity index (χ2n) is 10.6. The molecule has 198 valence electrons. The van der Waals surface area contributed by atoms with Gasteiger partial charge in [0.1, 0.15) is 11.4 Å². The van der Waals surface area contributed by atoms with Crippen LogP contribution in [0.5, 0.6) is 0 Å². The van der Waals surface area contributed by atoms with Crippen molar-refractivity contribution in [1.29, 1.82) is 0 Å². The Morgan fingerprint density at radius 2 is 1.97 bits per heavy atom. The Morgan fingerprint density at radius 3 is 2.70 bits per heavy atom. The number of nitrogens with one attached hydrogen (secondary N) is 1. The molecule has 2 aliphatic rings. The van der Waals surface area contributed by atoms with E-state index >= 15 is 0 Å². The van der Waals surface area contributed by atoms with Gasteiger partial charge in [0, 0.05) is 51.2 Å². The minimum atomic E-state index is -1.25. The third-order valence-electron chi connectivity index (χ3n) is 8.01. The number of H-pyrrole nitrogens is 1. The van der Waals surface area contributed by atoms with Gasteiger partial charge in [-0.2, -0.15) is 0 Å². The quantitative estimate of drug-likeness (QED) is 0.524. The maximum atomic E-state index is 13.0. The number of aliphatic hydroxyl groups is 1. The number of aromatic amines is 1. The first-order valence-electron chi connectivity index (χ1n) is 13.1. The van der Waals surface area contributed by atoms with Crippen molar-refractivity contribution < 1.29 is 14.6 Å². The Balaban J connectivity index is 1.19. The van der Waals surface area contributed by atoms with Crippen LogP contribution < -0.4 is 11.2 Å². The number of likely N-dealkylation sites (tertiary alicyclic amines) is 1. The molecule has 0 unspecified atom stereocenters. The van der Waals surface area contributed by atoms with E-state index in [1.807, 2.05) is 23.1 Å². The number of hydrogen-bond acceptors (Lipinski definition) is 6. The number of hydrogen-bond donors (Lipinski definition) is 2. The molecule has 10 nitrogen and oxygen atoms in total. The first kappa shape index (κ1) is 25.4. The standard InChI is InChI=1S/C27H35N5O5/c1-3-31-20-8-5-4-7-19(20)28-22(31)9-6-10-24(34)30-15-12-27(13-16-30)17-21(26(2,36)18-37-27)32-14-11-23(33)29-25(32)35/h4-5,7-8,11,14,21,36H,3,6,9-10,12-13,15-18H2,1-2H3,(H,29,33,35)/t21-,26-/m0/s1. The van der Waals surface area contributed by atoms with Crippen LogP contribution >= 0.6 is 0 Å². The van der Waals surface area contributed by atoms with Crippen molar-refractivity contribution in [2.75, 3.05) is 19.7 Å². The molecule has 2 fully saturated rings. The Kier molecular flexibility index (Phi) is 6.80. The lowest BCUT2D eigenvalue weighted by Gasteiger charge is -2.51. The smallest absolute Gasteiger partial charge is 0.328 e. The van der Waals surface area contributed by atoms with Gasteiger partial charge in [0.25, 0.3) is 5.56 Å². The lowest BCUT2D eigenvalue weighted by Crippen LogP contribution is -2.58. The van der Waals surface area contributed by atoms with Crippen LogP contribution in [0.25, 0.3) is 11.0 Å². The summed E-state index contributed by atoms with van der Waals surface area (Å²) in [5.74, 6) is 1.14. The van der Waals surface area contributed by atoms with Crippen LogP contribution in [0.15, 0.2) is 46.1 Å². The lowest BCUT2D eigenvalue weighted by molar-refractivity contribution is -0.202. The molecule has 5 rings (SSSR count). The molecular formula is C27H35N5O5. The van der Waals surface area contributed by atoms with Crippen molar-refractivity contribution >= 4 is 16.9 Å². The Hall–Kier alpha value is -3.24. The molecule has 2 aromatic heterocycles. The van der Waals surface area contributed by atoms with Gasteiger partial charge in [0.05, 0.1) is 29.3 Å². The number of aryl methyl sites for hydroxylation is 2. The van der Waals surface area contributed by atoms with Gasteiger partial charge in [-0.05, 0) is 45.2 Å². The van der Waals surface area contributed by atoms with E-state index in [-0.39, 0.29) is 12.5 Å². The number of fused-ring (bicyclic) bond motifs is 1. The number of piperidine rings is 1. The minimum absolute atomic E-state index is 0.0790. The third kappa shape index (κ3) is 5.00. The Labute approximate surface area is 214 Å². The van der Waals surface area contributed by atoms with Crippen LogP contribution in [0, 0.1) is 0 Å². The molecule has 2 aliphatic heterocycles. The summed E-state index contributed by atoms with van der Waals surface area (Å²) in [4.78, 5) is 45.9. The molecule has 0 radical (unpaired) electrons. The number of para-hydroxylation sites is 2. The fourth-order valence-electron chi connectivity index (χ4n) is 5.83. The van der Waals surface area contributed by atoms with E-state index in [0.29, 0.717) is 38.8 Å². The minimum Gasteiger partial charge on any atom is -0.386 e. The predicted octanol–water partition coefficient (Wildman–Crippen LogP) is 2.00. The molecule has 0 aliphatic carbocycles. The summed E-state index contributed by atoms with van der Waals surface area (Å²) in [7, 11) is 0. The van der Waals surface area contributed by atoms with E-state index in [9.17, 15) is 19.5 Å². The largest absolute Gasteiger partial charge is 0.386 e. The number of carbonyl (C=O) groups is 1. The van der Waals surface area contributed by atoms with Crippen molar-refractivity contribution in [3.05, 3.63) is 63.2 Å². The molecule has 1 amide bonds. The van der Waals surface area contributed by atoms with E-state index in [1.165, 1.54) is 16.8 Å². The second-order valence-corrected chi connectivity index (χ2v) is 10.6. The highest BCUT2D eigenvalue weighted by Gasteiger charge is 2.49. The molecule has 2 saturated heterocycles. The monoisotopic (exact) mass is 509 g/mol. The number of ether oxygens (including phenoxy) is 1. The van der Waals surface area contributed by atoms with Gasteiger partial charge in [-0.25, -0.2) is 9.78 Å². The van der Waals surface area contributed by atoms with E-state index in [0.717, 1.165) is 36.2 Å². The van der Waals surface area contributed by atoms with Crippen LogP contribution in [0.4, 0.5) is 0 Å². The number of imidazole rings is 1. The summed E-state index contributed by atoms with van der Waals surface area (Å²) in [6, 6.07) is 8.86. The normalized spacial score (nSPS) is 23.5. The molecule has 4 heterocycles. The van der Waals surface area contributed by atoms with Gasteiger partial charge < -0.3 is 19.3 Å². The zero-order valence-electron chi connectivity index (χ0n) is 21.5. The van der Waals surface area contributed by atoms with Gasteiger partial charge in [0.15, 0.2) is 0 Å². The van der Waals surface area contributed by atoms with Crippen LogP contribution in [-0.2, 0) is 22.5 Å². The highest BCUT2D eigenvalue weighted by atomic mass is 16.5. The van der Waals surface area contributed by atoms with E-state index in [1.54, 1.807) is 6.92 Å². The number of aromatic nitrogens is 4. The van der Waals surface area contributed by atoms with Crippen LogP contribution in [0.2, 0.25) is 0 Å². The fourth-order valence-corrected chi connectivity index (χ4v) is 5.83. The number of nitrogens with zero attached hydrogens (tertiary/aromatic N) is 4. The molecule has 2 atom stereocenters. The Bertz CT molecular complexity index is 1400. The van der Waals surface area contributed by atoms with Crippen molar-refractivity contribution in [3.8, 4) is 0 Å². The van der Waals surface area contributed by atoms with Crippen LogP contribution in [-0.4, -0.2) is 65.9 Å². The summed E-state index contributed by atoms with van der Waals surface area (Å²) < 4.78 is 9.78. The van der Waals surface area contributed by atoms with Crippen LogP contribution in [0.3, 0.4) is 0 Å². The van der Waals surface area contributed by atoms with E-state index in [2.05, 4.69) is 22.5 Å². The summed E-state index contributed by atoms with van der Waals surface area (Å²) in [6.07, 6.45) is 5.08. The first-order chi connectivity index (χ1) is 17.7. The lowest BCUT2D eigenvalue weighted by atomic mass is 9.77. The Morgan fingerprint density at radius 1 is 1.22 bits per heavy atom. The molecule has 0 bridgehead atoms. The fraction of sp³-hybridized carbons (Fsp3) is 0.556. The van der Waals surface area contributed by atoms with Gasteiger partial charge >= 0.3 is 5.69 Å². The third-order valence-corrected chi connectivity index (χ3v) is 8.01. The van der Waals surface area contributed by atoms with Gasteiger partial charge in [-0.3, -0.25) is 19.1 Å². The predicted molar refractivity (Wildman–Crippen MR) is 138 cm³/mol. The van der Waals surface area contributed by atoms with Crippen molar-refractivity contribution in [2.45, 2.75) is 76.2 Å². The first-order valence-corrected chi connectivity index (χ1v) is 13.1. The molecule has 1 aromatic carbocycles. The summed E-state index contributed by atoms with van der Waals surface area (Å²) >= 11 is 0. The van der Waals surface area contributed by atoms with Gasteiger partial charge in [0.2, 0.25) is 5.91 Å². The zero-order valence-corrected chi connectivity index (χ0v) is 21.5. The summed E-state index contributed by atoms with van der Waals surface area (Å²) in [6.45, 7) is 5.82. The summed E-state index contributed by atoms with van der Waals surface area (Å²) in [5.41, 5.74) is -0.677. The van der Waals surface area contributed by atoms with Crippen molar-refractivity contribution in [1.82, 2.24) is 24.0 Å².